The fourth-order valence-corrected chi connectivity index (χ4v) is 2.27. The van der Waals surface area contributed by atoms with Crippen LogP contribution in [0.2, 0.25) is 5.02 Å². The first-order valence-corrected chi connectivity index (χ1v) is 7.49. The van der Waals surface area contributed by atoms with Crippen molar-refractivity contribution in [2.45, 2.75) is 20.4 Å². The molecule has 6 heteroatoms. The van der Waals surface area contributed by atoms with Gasteiger partial charge < -0.3 is 14.5 Å². The van der Waals surface area contributed by atoms with Gasteiger partial charge in [-0.15, -0.1) is 0 Å². The molecular weight excluding hydrogens is 344 g/mol. The third-order valence-electron chi connectivity index (χ3n) is 2.48. The minimum atomic E-state index is 0.190. The molecule has 1 heterocycles. The van der Waals surface area contributed by atoms with Crippen molar-refractivity contribution in [3.63, 3.8) is 0 Å². The van der Waals surface area contributed by atoms with Crippen molar-refractivity contribution in [1.82, 2.24) is 10.3 Å². The first-order chi connectivity index (χ1) is 9.54. The zero-order chi connectivity index (χ0) is 14.5. The van der Waals surface area contributed by atoms with E-state index < -0.39 is 0 Å². The second-order valence-electron chi connectivity index (χ2n) is 4.81. The van der Waals surface area contributed by atoms with Crippen LogP contribution in [-0.2, 0) is 6.54 Å². The molecule has 108 valence electrons. The third kappa shape index (κ3) is 4.51. The molecule has 0 aliphatic heterocycles. The summed E-state index contributed by atoms with van der Waals surface area (Å²) in [4.78, 5) is 4.24. The monoisotopic (exact) mass is 358 g/mol. The van der Waals surface area contributed by atoms with Crippen LogP contribution in [0, 0.1) is 5.92 Å². The van der Waals surface area contributed by atoms with Crippen LogP contribution in [0.3, 0.4) is 0 Å². The van der Waals surface area contributed by atoms with Crippen molar-refractivity contribution in [3.8, 4) is 11.8 Å². The van der Waals surface area contributed by atoms with E-state index in [4.69, 9.17) is 20.8 Å². The highest BCUT2D eigenvalue weighted by Gasteiger charge is 2.09. The predicted octanol–water partition coefficient (Wildman–Crippen LogP) is 4.63. The van der Waals surface area contributed by atoms with Crippen LogP contribution in [0.15, 0.2) is 33.4 Å². The molecule has 0 bridgehead atoms. The van der Waals surface area contributed by atoms with Crippen molar-refractivity contribution in [2.75, 3.05) is 6.54 Å². The summed E-state index contributed by atoms with van der Waals surface area (Å²) >= 11 is 9.41. The van der Waals surface area contributed by atoms with Gasteiger partial charge in [-0.3, -0.25) is 0 Å². The number of halogens is 2. The second-order valence-corrected chi connectivity index (χ2v) is 6.13. The normalized spacial score (nSPS) is 11.1. The number of nitrogens with one attached hydrogen (secondary N) is 1. The van der Waals surface area contributed by atoms with Gasteiger partial charge in [0.05, 0.1) is 10.7 Å². The zero-order valence-corrected chi connectivity index (χ0v) is 13.7. The molecule has 0 fully saturated rings. The molecule has 0 atom stereocenters. The highest BCUT2D eigenvalue weighted by molar-refractivity contribution is 9.10. The van der Waals surface area contributed by atoms with Gasteiger partial charge in [0.2, 0.25) is 0 Å². The van der Waals surface area contributed by atoms with Gasteiger partial charge in [0.1, 0.15) is 6.26 Å². The van der Waals surface area contributed by atoms with Crippen molar-refractivity contribution in [2.24, 2.45) is 5.92 Å². The molecule has 4 nitrogen and oxygen atoms in total. The molecule has 0 saturated heterocycles. The van der Waals surface area contributed by atoms with Crippen LogP contribution in [0.25, 0.3) is 0 Å². The van der Waals surface area contributed by atoms with Gasteiger partial charge >= 0.3 is 6.08 Å². The Hall–Kier alpha value is -1.04. The minimum absolute atomic E-state index is 0.190. The van der Waals surface area contributed by atoms with Crippen molar-refractivity contribution < 1.29 is 9.15 Å². The summed E-state index contributed by atoms with van der Waals surface area (Å²) in [5.74, 6) is 1.11. The maximum Gasteiger partial charge on any atom is 0.399 e. The van der Waals surface area contributed by atoms with Crippen LogP contribution < -0.4 is 10.1 Å². The number of benzene rings is 1. The number of rotatable bonds is 6. The SMILES string of the molecule is CC(C)CNCc1coc(Oc2ccc(Br)cc2Cl)n1. The van der Waals surface area contributed by atoms with E-state index in [-0.39, 0.29) is 6.08 Å². The van der Waals surface area contributed by atoms with Crippen molar-refractivity contribution >= 4 is 27.5 Å². The molecule has 20 heavy (non-hydrogen) atoms. The number of nitrogens with zero attached hydrogens (tertiary/aromatic N) is 1. The fraction of sp³-hybridized carbons (Fsp3) is 0.357. The number of hydrogen-bond donors (Lipinski definition) is 1. The summed E-state index contributed by atoms with van der Waals surface area (Å²) in [5.41, 5.74) is 0.800. The molecule has 1 aromatic carbocycles. The van der Waals surface area contributed by atoms with Crippen LogP contribution >= 0.6 is 27.5 Å². The molecule has 0 amide bonds. The van der Waals surface area contributed by atoms with Crippen molar-refractivity contribution in [3.05, 3.63) is 39.7 Å². The van der Waals surface area contributed by atoms with E-state index in [1.165, 1.54) is 0 Å². The van der Waals surface area contributed by atoms with Gasteiger partial charge in [-0.05, 0) is 30.7 Å². The highest BCUT2D eigenvalue weighted by Crippen LogP contribution is 2.31. The zero-order valence-electron chi connectivity index (χ0n) is 11.3. The molecule has 0 unspecified atom stereocenters. The summed E-state index contributed by atoms with van der Waals surface area (Å²) < 4.78 is 11.7. The van der Waals surface area contributed by atoms with E-state index in [0.717, 1.165) is 16.7 Å². The van der Waals surface area contributed by atoms with E-state index in [2.05, 4.69) is 40.1 Å². The minimum Gasteiger partial charge on any atom is -0.417 e. The van der Waals surface area contributed by atoms with Crippen LogP contribution in [0.4, 0.5) is 0 Å². The Labute approximate surface area is 131 Å². The van der Waals surface area contributed by atoms with Gasteiger partial charge in [0.25, 0.3) is 0 Å². The van der Waals surface area contributed by atoms with Gasteiger partial charge in [0.15, 0.2) is 5.75 Å². The Balaban J connectivity index is 1.95. The number of ether oxygens (including phenoxy) is 1. The molecule has 0 saturated carbocycles. The Kier molecular flexibility index (Phi) is 5.46. The molecule has 0 aliphatic rings. The van der Waals surface area contributed by atoms with E-state index in [0.29, 0.717) is 23.2 Å². The second kappa shape index (κ2) is 7.11. The predicted molar refractivity (Wildman–Crippen MR) is 82.3 cm³/mol. The molecule has 0 aliphatic carbocycles. The molecule has 1 N–H and O–H groups in total. The number of hydrogen-bond acceptors (Lipinski definition) is 4. The largest absolute Gasteiger partial charge is 0.417 e. The maximum atomic E-state index is 6.07. The molecule has 0 radical (unpaired) electrons. The van der Waals surface area contributed by atoms with Crippen LogP contribution in [0.1, 0.15) is 19.5 Å². The molecule has 2 aromatic rings. The Bertz CT molecular complexity index is 572. The van der Waals surface area contributed by atoms with Gasteiger partial charge in [-0.1, -0.05) is 41.4 Å². The average Bonchev–Trinajstić information content (AvgIpc) is 2.80. The molecule has 1 aromatic heterocycles. The fourth-order valence-electron chi connectivity index (χ4n) is 1.56. The third-order valence-corrected chi connectivity index (χ3v) is 3.27. The number of aromatic nitrogens is 1. The number of oxazole rings is 1. The lowest BCUT2D eigenvalue weighted by Crippen LogP contribution is -2.19. The van der Waals surface area contributed by atoms with E-state index >= 15 is 0 Å². The Morgan fingerprint density at radius 1 is 1.45 bits per heavy atom. The first-order valence-electron chi connectivity index (χ1n) is 6.32. The molecule has 2 rings (SSSR count). The van der Waals surface area contributed by atoms with Crippen LogP contribution in [-0.4, -0.2) is 11.5 Å². The van der Waals surface area contributed by atoms with Gasteiger partial charge in [-0.2, -0.15) is 4.98 Å². The summed E-state index contributed by atoms with van der Waals surface area (Å²) in [6, 6.07) is 5.35. The van der Waals surface area contributed by atoms with E-state index in [9.17, 15) is 0 Å². The highest BCUT2D eigenvalue weighted by atomic mass is 79.9. The molecule has 0 spiro atoms. The quantitative estimate of drug-likeness (QED) is 0.817. The van der Waals surface area contributed by atoms with Crippen LogP contribution in [0.5, 0.6) is 11.8 Å². The average molecular weight is 360 g/mol. The summed E-state index contributed by atoms with van der Waals surface area (Å²) in [7, 11) is 0. The standard InChI is InChI=1S/C14H16BrClN2O2/c1-9(2)6-17-7-11-8-19-14(18-11)20-13-4-3-10(15)5-12(13)16/h3-5,8-9,17H,6-7H2,1-2H3. The lowest BCUT2D eigenvalue weighted by atomic mass is 10.2. The van der Waals surface area contributed by atoms with Gasteiger partial charge in [-0.25, -0.2) is 0 Å². The topological polar surface area (TPSA) is 47.3 Å². The van der Waals surface area contributed by atoms with Crippen molar-refractivity contribution in [1.29, 1.82) is 0 Å². The summed E-state index contributed by atoms with van der Waals surface area (Å²) in [5, 5.41) is 3.78. The van der Waals surface area contributed by atoms with E-state index in [1.54, 1.807) is 18.4 Å². The van der Waals surface area contributed by atoms with Gasteiger partial charge in [0, 0.05) is 11.0 Å². The van der Waals surface area contributed by atoms with E-state index in [1.807, 2.05) is 6.07 Å². The first kappa shape index (κ1) is 15.4. The Morgan fingerprint density at radius 3 is 2.95 bits per heavy atom. The summed E-state index contributed by atoms with van der Waals surface area (Å²) in [6.07, 6.45) is 1.77. The summed E-state index contributed by atoms with van der Waals surface area (Å²) in [6.45, 7) is 5.89. The lowest BCUT2D eigenvalue weighted by Gasteiger charge is -2.04. The maximum absolute atomic E-state index is 6.07. The smallest absolute Gasteiger partial charge is 0.399 e. The molecular formula is C14H16BrClN2O2. The Morgan fingerprint density at radius 2 is 2.25 bits per heavy atom. The lowest BCUT2D eigenvalue weighted by molar-refractivity contribution is 0.331.